The predicted octanol–water partition coefficient (Wildman–Crippen LogP) is 1.62. The maximum atomic E-state index is 13.7. The van der Waals surface area contributed by atoms with Gasteiger partial charge in [0.25, 0.3) is 5.91 Å². The molecule has 20 heavy (non-hydrogen) atoms. The molecule has 4 nitrogen and oxygen atoms in total. The van der Waals surface area contributed by atoms with Crippen LogP contribution in [0.4, 0.5) is 4.39 Å². The van der Waals surface area contributed by atoms with Gasteiger partial charge in [0, 0.05) is 39.3 Å². The summed E-state index contributed by atoms with van der Waals surface area (Å²) in [6.07, 6.45) is 0.729. The summed E-state index contributed by atoms with van der Waals surface area (Å²) in [7, 11) is 0. The van der Waals surface area contributed by atoms with Gasteiger partial charge in [-0.1, -0.05) is 17.7 Å². The highest BCUT2D eigenvalue weighted by atomic mass is 35.5. The summed E-state index contributed by atoms with van der Waals surface area (Å²) in [4.78, 5) is 16.1. The van der Waals surface area contributed by atoms with Gasteiger partial charge < -0.3 is 10.0 Å². The fourth-order valence-corrected chi connectivity index (χ4v) is 2.57. The molecule has 1 aliphatic heterocycles. The van der Waals surface area contributed by atoms with E-state index in [1.807, 2.05) is 0 Å². The highest BCUT2D eigenvalue weighted by molar-refractivity contribution is 6.33. The molecular formula is C14H18ClFN2O2. The molecule has 0 atom stereocenters. The van der Waals surface area contributed by atoms with E-state index in [9.17, 15) is 9.18 Å². The lowest BCUT2D eigenvalue weighted by molar-refractivity contribution is 0.0624. The molecule has 2 rings (SSSR count). The zero-order valence-corrected chi connectivity index (χ0v) is 11.9. The van der Waals surface area contributed by atoms with Crippen LogP contribution in [0.1, 0.15) is 16.8 Å². The van der Waals surface area contributed by atoms with Crippen molar-refractivity contribution < 1.29 is 14.3 Å². The Morgan fingerprint density at radius 1 is 1.30 bits per heavy atom. The Hall–Kier alpha value is -1.17. The summed E-state index contributed by atoms with van der Waals surface area (Å²) in [5.41, 5.74) is -0.0435. The Morgan fingerprint density at radius 3 is 2.60 bits per heavy atom. The highest BCUT2D eigenvalue weighted by Crippen LogP contribution is 2.21. The van der Waals surface area contributed by atoms with Crippen molar-refractivity contribution in [2.24, 2.45) is 0 Å². The molecule has 0 aliphatic carbocycles. The number of hydrogen-bond donors (Lipinski definition) is 1. The summed E-state index contributed by atoms with van der Waals surface area (Å²) in [5, 5.41) is 8.95. The van der Waals surface area contributed by atoms with Gasteiger partial charge in [-0.2, -0.15) is 0 Å². The Labute approximate surface area is 122 Å². The first-order valence-corrected chi connectivity index (χ1v) is 7.08. The lowest BCUT2D eigenvalue weighted by atomic mass is 10.1. The van der Waals surface area contributed by atoms with Gasteiger partial charge in [0.2, 0.25) is 0 Å². The molecule has 0 spiro atoms. The van der Waals surface area contributed by atoms with Crippen LogP contribution in [0.3, 0.4) is 0 Å². The SMILES string of the molecule is O=C(c1c(F)cccc1Cl)N1CCN(CCCO)CC1. The maximum absolute atomic E-state index is 13.7. The number of benzene rings is 1. The number of piperazine rings is 1. The number of rotatable bonds is 4. The summed E-state index contributed by atoms with van der Waals surface area (Å²) in [5.74, 6) is -0.930. The fourth-order valence-electron chi connectivity index (χ4n) is 2.33. The number of halogens is 2. The van der Waals surface area contributed by atoms with Gasteiger partial charge in [-0.25, -0.2) is 4.39 Å². The molecule has 1 heterocycles. The van der Waals surface area contributed by atoms with Gasteiger partial charge in [0.15, 0.2) is 0 Å². The monoisotopic (exact) mass is 300 g/mol. The molecule has 1 aliphatic rings. The van der Waals surface area contributed by atoms with Gasteiger partial charge in [-0.15, -0.1) is 0 Å². The van der Waals surface area contributed by atoms with Crippen molar-refractivity contribution in [3.8, 4) is 0 Å². The van der Waals surface area contributed by atoms with Crippen LogP contribution in [-0.4, -0.2) is 60.1 Å². The number of hydrogen-bond acceptors (Lipinski definition) is 3. The summed E-state index contributed by atoms with van der Waals surface area (Å²) < 4.78 is 13.7. The smallest absolute Gasteiger partial charge is 0.258 e. The fraction of sp³-hybridized carbons (Fsp3) is 0.500. The van der Waals surface area contributed by atoms with Crippen LogP contribution >= 0.6 is 11.6 Å². The van der Waals surface area contributed by atoms with Crippen molar-refractivity contribution in [1.82, 2.24) is 9.80 Å². The van der Waals surface area contributed by atoms with E-state index < -0.39 is 5.82 Å². The molecule has 1 aromatic carbocycles. The van der Waals surface area contributed by atoms with Gasteiger partial charge >= 0.3 is 0 Å². The van der Waals surface area contributed by atoms with E-state index in [2.05, 4.69) is 4.90 Å². The first-order chi connectivity index (χ1) is 9.63. The molecule has 1 fully saturated rings. The van der Waals surface area contributed by atoms with Gasteiger partial charge in [-0.3, -0.25) is 9.69 Å². The molecule has 1 N–H and O–H groups in total. The van der Waals surface area contributed by atoms with Crippen LogP contribution in [0.2, 0.25) is 5.02 Å². The minimum Gasteiger partial charge on any atom is -0.396 e. The van der Waals surface area contributed by atoms with Crippen LogP contribution in [-0.2, 0) is 0 Å². The van der Waals surface area contributed by atoms with Crippen LogP contribution < -0.4 is 0 Å². The first kappa shape index (κ1) is 15.2. The molecule has 1 saturated heterocycles. The van der Waals surface area contributed by atoms with Crippen molar-refractivity contribution in [2.75, 3.05) is 39.3 Å². The minimum atomic E-state index is -0.579. The Bertz CT molecular complexity index is 456. The highest BCUT2D eigenvalue weighted by Gasteiger charge is 2.25. The molecule has 6 heteroatoms. The zero-order valence-electron chi connectivity index (χ0n) is 11.2. The second-order valence-corrected chi connectivity index (χ2v) is 5.21. The minimum absolute atomic E-state index is 0.0435. The van der Waals surface area contributed by atoms with E-state index in [1.165, 1.54) is 18.2 Å². The van der Waals surface area contributed by atoms with Crippen molar-refractivity contribution in [2.45, 2.75) is 6.42 Å². The third kappa shape index (κ3) is 3.48. The predicted molar refractivity (Wildman–Crippen MR) is 75.5 cm³/mol. The lowest BCUT2D eigenvalue weighted by Gasteiger charge is -2.34. The quantitative estimate of drug-likeness (QED) is 0.919. The van der Waals surface area contributed by atoms with Crippen LogP contribution in [0.25, 0.3) is 0 Å². The van der Waals surface area contributed by atoms with Crippen molar-refractivity contribution >= 4 is 17.5 Å². The number of aliphatic hydroxyl groups is 1. The second-order valence-electron chi connectivity index (χ2n) is 4.81. The number of nitrogens with zero attached hydrogens (tertiary/aromatic N) is 2. The number of carbonyl (C=O) groups excluding carboxylic acids is 1. The maximum Gasteiger partial charge on any atom is 0.258 e. The first-order valence-electron chi connectivity index (χ1n) is 6.70. The average molecular weight is 301 g/mol. The van der Waals surface area contributed by atoms with Crippen molar-refractivity contribution in [3.05, 3.63) is 34.6 Å². The molecular weight excluding hydrogens is 283 g/mol. The van der Waals surface area contributed by atoms with Crippen LogP contribution in [0, 0.1) is 5.82 Å². The molecule has 0 bridgehead atoms. The molecule has 110 valence electrons. The summed E-state index contributed by atoms with van der Waals surface area (Å²) in [6.45, 7) is 3.56. The number of aliphatic hydroxyl groups excluding tert-OH is 1. The summed E-state index contributed by atoms with van der Waals surface area (Å²) in [6, 6.07) is 4.26. The molecule has 0 saturated carbocycles. The van der Waals surface area contributed by atoms with Crippen LogP contribution in [0.15, 0.2) is 18.2 Å². The average Bonchev–Trinajstić information content (AvgIpc) is 2.45. The van der Waals surface area contributed by atoms with E-state index in [1.54, 1.807) is 4.90 Å². The third-order valence-corrected chi connectivity index (χ3v) is 3.78. The molecule has 1 amide bonds. The van der Waals surface area contributed by atoms with E-state index >= 15 is 0 Å². The van der Waals surface area contributed by atoms with Gasteiger partial charge in [0.1, 0.15) is 5.82 Å². The second kappa shape index (κ2) is 7.02. The Balaban J connectivity index is 1.98. The van der Waals surface area contributed by atoms with Gasteiger partial charge in [0.05, 0.1) is 10.6 Å². The molecule has 0 unspecified atom stereocenters. The largest absolute Gasteiger partial charge is 0.396 e. The standard InChI is InChI=1S/C14H18ClFN2O2/c15-11-3-1-4-12(16)13(11)14(20)18-8-6-17(7-9-18)5-2-10-19/h1,3-4,19H,2,5-10H2. The third-order valence-electron chi connectivity index (χ3n) is 3.47. The lowest BCUT2D eigenvalue weighted by Crippen LogP contribution is -2.49. The van der Waals surface area contributed by atoms with E-state index in [4.69, 9.17) is 16.7 Å². The van der Waals surface area contributed by atoms with Crippen molar-refractivity contribution in [3.63, 3.8) is 0 Å². The van der Waals surface area contributed by atoms with E-state index in [0.29, 0.717) is 13.1 Å². The number of carbonyl (C=O) groups is 1. The topological polar surface area (TPSA) is 43.8 Å². The normalized spacial score (nSPS) is 16.4. The van der Waals surface area contributed by atoms with Crippen LogP contribution in [0.5, 0.6) is 0 Å². The van der Waals surface area contributed by atoms with E-state index in [-0.39, 0.29) is 23.1 Å². The van der Waals surface area contributed by atoms with Gasteiger partial charge in [-0.05, 0) is 18.6 Å². The number of amides is 1. The summed E-state index contributed by atoms with van der Waals surface area (Å²) >= 11 is 5.92. The Morgan fingerprint density at radius 2 is 2.00 bits per heavy atom. The van der Waals surface area contributed by atoms with Crippen molar-refractivity contribution in [1.29, 1.82) is 0 Å². The molecule has 1 aromatic rings. The molecule has 0 aromatic heterocycles. The van der Waals surface area contributed by atoms with E-state index in [0.717, 1.165) is 26.1 Å². The molecule has 0 radical (unpaired) electrons. The Kier molecular flexibility index (Phi) is 5.34. The zero-order chi connectivity index (χ0) is 14.5.